The Morgan fingerprint density at radius 2 is 0.679 bits per heavy atom. The van der Waals surface area contributed by atoms with Crippen LogP contribution >= 0.6 is 21.6 Å². The summed E-state index contributed by atoms with van der Waals surface area (Å²) in [6.45, 7) is 0. The van der Waals surface area contributed by atoms with Gasteiger partial charge < -0.3 is 0 Å². The molecule has 0 spiro atoms. The topological polar surface area (TPSA) is 0 Å². The van der Waals surface area contributed by atoms with Crippen molar-refractivity contribution >= 4 is 21.6 Å². The lowest BCUT2D eigenvalue weighted by Gasteiger charge is -2.20. The van der Waals surface area contributed by atoms with E-state index in [4.69, 9.17) is 0 Å². The molecule has 0 aliphatic rings. The van der Waals surface area contributed by atoms with Crippen molar-refractivity contribution in [2.24, 2.45) is 0 Å². The first-order valence-corrected chi connectivity index (χ1v) is 9.26. The van der Waals surface area contributed by atoms with Gasteiger partial charge in [0.2, 0.25) is 0 Å². The van der Waals surface area contributed by atoms with E-state index in [1.54, 1.807) is 0 Å². The standard InChI is InChI=1S/C16H8F10S2/c17-13(18,15(21,22)23)9-1-5-11(6-2-9)27-28-12-7-3-10(4-8-12)14(19,20)16(24,25)26/h1-8H. The van der Waals surface area contributed by atoms with Crippen LogP contribution in [0.2, 0.25) is 0 Å². The molecule has 154 valence electrons. The van der Waals surface area contributed by atoms with Gasteiger partial charge >= 0.3 is 24.2 Å². The molecule has 2 aromatic carbocycles. The van der Waals surface area contributed by atoms with E-state index in [9.17, 15) is 43.9 Å². The lowest BCUT2D eigenvalue weighted by molar-refractivity contribution is -0.289. The van der Waals surface area contributed by atoms with Crippen LogP contribution in [0.3, 0.4) is 0 Å². The highest BCUT2D eigenvalue weighted by atomic mass is 33.1. The Morgan fingerprint density at radius 1 is 0.429 bits per heavy atom. The molecule has 0 aromatic heterocycles. The van der Waals surface area contributed by atoms with E-state index < -0.39 is 35.3 Å². The molecule has 0 amide bonds. The van der Waals surface area contributed by atoms with Crippen LogP contribution < -0.4 is 0 Å². The molecule has 0 radical (unpaired) electrons. The predicted molar refractivity (Wildman–Crippen MR) is 84.5 cm³/mol. The summed E-state index contributed by atoms with van der Waals surface area (Å²) in [6.07, 6.45) is -11.5. The van der Waals surface area contributed by atoms with Crippen LogP contribution in [0.4, 0.5) is 43.9 Å². The summed E-state index contributed by atoms with van der Waals surface area (Å²) < 4.78 is 127. The fourth-order valence-corrected chi connectivity index (χ4v) is 3.79. The molecule has 0 nitrogen and oxygen atoms in total. The molecular formula is C16H8F10S2. The van der Waals surface area contributed by atoms with Gasteiger partial charge in [0.15, 0.2) is 0 Å². The summed E-state index contributed by atoms with van der Waals surface area (Å²) in [5, 5.41) is 0. The van der Waals surface area contributed by atoms with Crippen LogP contribution in [-0.4, -0.2) is 12.4 Å². The molecule has 0 saturated heterocycles. The van der Waals surface area contributed by atoms with Crippen molar-refractivity contribution in [3.63, 3.8) is 0 Å². The summed E-state index contributed by atoms with van der Waals surface area (Å²) in [4.78, 5) is 0.549. The minimum absolute atomic E-state index is 0.274. The largest absolute Gasteiger partial charge is 0.458 e. The van der Waals surface area contributed by atoms with Gasteiger partial charge in [0.25, 0.3) is 0 Å². The molecule has 0 N–H and O–H groups in total. The predicted octanol–water partition coefficient (Wildman–Crippen LogP) is 7.79. The van der Waals surface area contributed by atoms with Gasteiger partial charge in [-0.05, 0) is 24.3 Å². The minimum atomic E-state index is -5.74. The van der Waals surface area contributed by atoms with E-state index in [1.165, 1.54) is 0 Å². The van der Waals surface area contributed by atoms with Crippen LogP contribution in [0.1, 0.15) is 11.1 Å². The fraction of sp³-hybridized carbons (Fsp3) is 0.250. The molecular weight excluding hydrogens is 446 g/mol. The zero-order chi connectivity index (χ0) is 21.4. The summed E-state index contributed by atoms with van der Waals surface area (Å²) >= 11 is 0. The molecule has 12 heteroatoms. The van der Waals surface area contributed by atoms with Crippen molar-refractivity contribution in [1.82, 2.24) is 0 Å². The Bertz CT molecular complexity index is 723. The smallest absolute Gasteiger partial charge is 0.191 e. The summed E-state index contributed by atoms with van der Waals surface area (Å²) in [7, 11) is 1.80. The highest BCUT2D eigenvalue weighted by Crippen LogP contribution is 2.46. The highest BCUT2D eigenvalue weighted by Gasteiger charge is 2.59. The van der Waals surface area contributed by atoms with E-state index in [2.05, 4.69) is 0 Å². The lowest BCUT2D eigenvalue weighted by Crippen LogP contribution is -2.33. The molecule has 0 aliphatic carbocycles. The van der Waals surface area contributed by atoms with Crippen LogP contribution in [0.15, 0.2) is 58.3 Å². The number of alkyl halides is 10. The molecule has 0 heterocycles. The second kappa shape index (κ2) is 7.69. The average Bonchev–Trinajstić information content (AvgIpc) is 2.58. The molecule has 0 aliphatic heterocycles. The van der Waals surface area contributed by atoms with Crippen molar-refractivity contribution in [3.8, 4) is 0 Å². The van der Waals surface area contributed by atoms with E-state index in [-0.39, 0.29) is 9.79 Å². The quantitative estimate of drug-likeness (QED) is 0.334. The second-order valence-corrected chi connectivity index (χ2v) is 7.64. The van der Waals surface area contributed by atoms with Gasteiger partial charge in [-0.3, -0.25) is 0 Å². The normalized spacial score (nSPS) is 13.6. The SMILES string of the molecule is FC(F)(F)C(F)(F)c1ccc(SSc2ccc(C(F)(F)C(F)(F)F)cc2)cc1. The second-order valence-electron chi connectivity index (χ2n) is 5.36. The third kappa shape index (κ3) is 4.70. The van der Waals surface area contributed by atoms with Crippen molar-refractivity contribution < 1.29 is 43.9 Å². The zero-order valence-electron chi connectivity index (χ0n) is 13.2. The number of halogens is 10. The van der Waals surface area contributed by atoms with E-state index in [0.717, 1.165) is 45.9 Å². The first kappa shape index (κ1) is 22.7. The van der Waals surface area contributed by atoms with Crippen molar-refractivity contribution in [2.45, 2.75) is 34.0 Å². The van der Waals surface area contributed by atoms with E-state index >= 15 is 0 Å². The monoisotopic (exact) mass is 454 g/mol. The Morgan fingerprint density at radius 3 is 0.893 bits per heavy atom. The van der Waals surface area contributed by atoms with E-state index in [1.807, 2.05) is 0 Å². The maximum atomic E-state index is 13.2. The molecule has 2 aromatic rings. The van der Waals surface area contributed by atoms with Gasteiger partial charge in [0.1, 0.15) is 0 Å². The molecule has 0 atom stereocenters. The highest BCUT2D eigenvalue weighted by molar-refractivity contribution is 8.76. The Kier molecular flexibility index (Phi) is 6.25. The van der Waals surface area contributed by atoms with Gasteiger partial charge in [-0.2, -0.15) is 43.9 Å². The van der Waals surface area contributed by atoms with Crippen molar-refractivity contribution in [3.05, 3.63) is 59.7 Å². The summed E-state index contributed by atoms with van der Waals surface area (Å²) in [5.41, 5.74) is -2.49. The molecule has 0 bridgehead atoms. The Balaban J connectivity index is 2.05. The van der Waals surface area contributed by atoms with Crippen LogP contribution in [-0.2, 0) is 11.8 Å². The summed E-state index contributed by atoms with van der Waals surface area (Å²) in [5.74, 6) is -10.0. The molecule has 0 unspecified atom stereocenters. The van der Waals surface area contributed by atoms with Gasteiger partial charge in [0.05, 0.1) is 0 Å². The van der Waals surface area contributed by atoms with Crippen LogP contribution in [0.25, 0.3) is 0 Å². The van der Waals surface area contributed by atoms with Crippen LogP contribution in [0.5, 0.6) is 0 Å². The third-order valence-electron chi connectivity index (χ3n) is 3.38. The third-order valence-corrected chi connectivity index (χ3v) is 5.80. The zero-order valence-corrected chi connectivity index (χ0v) is 14.8. The number of hydrogen-bond donors (Lipinski definition) is 0. The van der Waals surface area contributed by atoms with Gasteiger partial charge in [0, 0.05) is 20.9 Å². The number of rotatable bonds is 5. The molecule has 0 fully saturated rings. The van der Waals surface area contributed by atoms with Gasteiger partial charge in [-0.1, -0.05) is 45.9 Å². The van der Waals surface area contributed by atoms with Crippen LogP contribution in [0, 0.1) is 0 Å². The first-order chi connectivity index (χ1) is 12.7. The Hall–Kier alpha value is -1.56. The molecule has 0 saturated carbocycles. The first-order valence-electron chi connectivity index (χ1n) is 7.11. The van der Waals surface area contributed by atoms with E-state index in [0.29, 0.717) is 24.3 Å². The maximum absolute atomic E-state index is 13.2. The Labute approximate surface area is 159 Å². The number of hydrogen-bond acceptors (Lipinski definition) is 2. The molecule has 28 heavy (non-hydrogen) atoms. The average molecular weight is 454 g/mol. The minimum Gasteiger partial charge on any atom is -0.191 e. The van der Waals surface area contributed by atoms with Gasteiger partial charge in [-0.25, -0.2) is 0 Å². The molecule has 2 rings (SSSR count). The van der Waals surface area contributed by atoms with Gasteiger partial charge in [-0.15, -0.1) is 0 Å². The fourth-order valence-electron chi connectivity index (χ4n) is 1.86. The van der Waals surface area contributed by atoms with Crippen molar-refractivity contribution in [1.29, 1.82) is 0 Å². The van der Waals surface area contributed by atoms with Crippen molar-refractivity contribution in [2.75, 3.05) is 0 Å². The lowest BCUT2D eigenvalue weighted by atomic mass is 10.1. The number of benzene rings is 2. The summed E-state index contributed by atoms with van der Waals surface area (Å²) in [6, 6.07) is 6.45. The maximum Gasteiger partial charge on any atom is 0.458 e.